The van der Waals surface area contributed by atoms with E-state index in [0.29, 0.717) is 13.2 Å². The number of hydrogen-bond acceptors (Lipinski definition) is 3. The van der Waals surface area contributed by atoms with Crippen LogP contribution in [0.2, 0.25) is 10.5 Å². The molecule has 0 aliphatic carbocycles. The molecule has 0 atom stereocenters. The van der Waals surface area contributed by atoms with Crippen molar-refractivity contribution in [1.29, 1.82) is 0 Å². The van der Waals surface area contributed by atoms with Crippen molar-refractivity contribution in [2.24, 2.45) is 0 Å². The fourth-order valence-electron chi connectivity index (χ4n) is 0.855. The molecule has 0 unspecified atom stereocenters. The maximum absolute atomic E-state index is 11.6. The molecule has 0 aromatic carbocycles. The Morgan fingerprint density at radius 2 is 1.40 bits per heavy atom. The Morgan fingerprint density at radius 3 is 1.60 bits per heavy atom. The Morgan fingerprint density at radius 1 is 1.10 bits per heavy atom. The molecule has 0 heterocycles. The van der Waals surface area contributed by atoms with E-state index in [9.17, 15) is 3.32 Å². The Kier molecular flexibility index (Phi) is 3.36. The molecule has 0 N–H and O–H groups in total. The summed E-state index contributed by atoms with van der Waals surface area (Å²) >= 11 is -4.04. The van der Waals surface area contributed by atoms with Crippen molar-refractivity contribution in [2.45, 2.75) is 24.3 Å². The van der Waals surface area contributed by atoms with Gasteiger partial charge in [-0.2, -0.15) is 0 Å². The zero-order valence-corrected chi connectivity index (χ0v) is 8.70. The third kappa shape index (κ3) is 4.28. The van der Waals surface area contributed by atoms with Gasteiger partial charge in [-0.1, -0.05) is 0 Å². The van der Waals surface area contributed by atoms with Crippen LogP contribution in [0.15, 0.2) is 0 Å². The van der Waals surface area contributed by atoms with Gasteiger partial charge in [-0.15, -0.1) is 0 Å². The molecule has 4 heteroatoms. The minimum atomic E-state index is -4.04. The predicted octanol–water partition coefficient (Wildman–Crippen LogP) is 2.02. The molecule has 62 valence electrons. The second-order valence-electron chi connectivity index (χ2n) is 2.84. The van der Waals surface area contributed by atoms with Crippen molar-refractivity contribution in [1.82, 2.24) is 0 Å². The average Bonchev–Trinajstić information content (AvgIpc) is 1.61. The summed E-state index contributed by atoms with van der Waals surface area (Å²) < 4.78 is 21.8. The van der Waals surface area contributed by atoms with E-state index in [1.165, 1.54) is 0 Å². The Balaban J connectivity index is 4.13. The average molecular weight is 184 g/mol. The molecule has 10 heavy (non-hydrogen) atoms. The minimum absolute atomic E-state index is 0.452. The summed E-state index contributed by atoms with van der Waals surface area (Å²) in [5.74, 6) is 0. The van der Waals surface area contributed by atoms with E-state index < -0.39 is 16.1 Å². The first-order valence-corrected chi connectivity index (χ1v) is 8.64. The van der Waals surface area contributed by atoms with Gasteiger partial charge in [0.25, 0.3) is 0 Å². The van der Waals surface area contributed by atoms with Gasteiger partial charge in [-0.25, -0.2) is 0 Å². The first-order valence-electron chi connectivity index (χ1n) is 3.60. The Hall–Kier alpha value is 0.434. The van der Waals surface area contributed by atoms with Gasteiger partial charge in [-0.05, 0) is 0 Å². The zero-order valence-electron chi connectivity index (χ0n) is 7.14. The number of rotatable bonds is 4. The molecular formula is C6H16O3Ti. The van der Waals surface area contributed by atoms with Crippen molar-refractivity contribution in [3.63, 3.8) is 0 Å². The molecule has 0 spiro atoms. The summed E-state index contributed by atoms with van der Waals surface area (Å²) in [7, 11) is 0. The quantitative estimate of drug-likeness (QED) is 0.627. The fourth-order valence-corrected chi connectivity index (χ4v) is 3.52. The van der Waals surface area contributed by atoms with Gasteiger partial charge in [0.15, 0.2) is 0 Å². The van der Waals surface area contributed by atoms with E-state index in [1.807, 2.05) is 13.8 Å². The normalized spacial score (nSPS) is 13.7. The van der Waals surface area contributed by atoms with Crippen LogP contribution in [0.1, 0.15) is 13.8 Å². The third-order valence-electron chi connectivity index (χ3n) is 1.10. The maximum atomic E-state index is 11.6. The van der Waals surface area contributed by atoms with Crippen molar-refractivity contribution < 1.29 is 26.0 Å². The monoisotopic (exact) mass is 184 g/mol. The van der Waals surface area contributed by atoms with E-state index >= 15 is 0 Å². The standard InChI is InChI=1S/2C2H5O.2CH3.O.Ti/c2*1-2-3;;;;/h2*2H2,1H3;2*1H3;;/q2*-1;;;;+2. The molecule has 0 radical (unpaired) electrons. The van der Waals surface area contributed by atoms with Gasteiger partial charge in [0, 0.05) is 0 Å². The Bertz CT molecular complexity index is 146. The van der Waals surface area contributed by atoms with Crippen molar-refractivity contribution >= 4 is 0 Å². The molecule has 0 bridgehead atoms. The van der Waals surface area contributed by atoms with Gasteiger partial charge in [0.1, 0.15) is 0 Å². The molecule has 0 aromatic rings. The summed E-state index contributed by atoms with van der Waals surface area (Å²) in [5, 5.41) is 3.15. The van der Waals surface area contributed by atoms with Crippen LogP contribution in [0.4, 0.5) is 0 Å². The third-order valence-corrected chi connectivity index (χ3v) is 4.54. The molecule has 0 aliphatic rings. The van der Waals surface area contributed by atoms with Crippen molar-refractivity contribution in [2.75, 3.05) is 13.2 Å². The SMILES string of the molecule is CC[O][Ti]([CH3])([CH3])(=[O])[O]CC. The second-order valence-corrected chi connectivity index (χ2v) is 9.91. The van der Waals surface area contributed by atoms with E-state index in [2.05, 4.69) is 0 Å². The van der Waals surface area contributed by atoms with Crippen LogP contribution in [0.3, 0.4) is 0 Å². The topological polar surface area (TPSA) is 35.5 Å². The fraction of sp³-hybridized carbons (Fsp3) is 1.00. The first-order chi connectivity index (χ1) is 4.39. The van der Waals surface area contributed by atoms with Crippen LogP contribution in [0.25, 0.3) is 0 Å². The van der Waals surface area contributed by atoms with Gasteiger partial charge in [-0.3, -0.25) is 0 Å². The Labute approximate surface area is 63.9 Å². The first kappa shape index (κ1) is 10.4. The summed E-state index contributed by atoms with van der Waals surface area (Å²) in [6, 6.07) is 0. The molecule has 0 rings (SSSR count). The van der Waals surface area contributed by atoms with Crippen LogP contribution in [0.5, 0.6) is 0 Å². The van der Waals surface area contributed by atoms with Gasteiger partial charge < -0.3 is 0 Å². The molecule has 0 aliphatic heterocycles. The summed E-state index contributed by atoms with van der Waals surface area (Å²) in [4.78, 5) is 0. The molecule has 0 saturated heterocycles. The summed E-state index contributed by atoms with van der Waals surface area (Å²) in [6.45, 7) is 4.53. The van der Waals surface area contributed by atoms with Crippen LogP contribution >= 0.6 is 0 Å². The predicted molar refractivity (Wildman–Crippen MR) is 35.7 cm³/mol. The van der Waals surface area contributed by atoms with E-state index in [-0.39, 0.29) is 0 Å². The summed E-state index contributed by atoms with van der Waals surface area (Å²) in [5.41, 5.74) is 0. The second kappa shape index (κ2) is 3.22. The molecular weight excluding hydrogens is 168 g/mol. The van der Waals surface area contributed by atoms with E-state index in [0.717, 1.165) is 0 Å². The van der Waals surface area contributed by atoms with Crippen molar-refractivity contribution in [3.05, 3.63) is 0 Å². The van der Waals surface area contributed by atoms with E-state index in [4.69, 9.17) is 6.64 Å². The van der Waals surface area contributed by atoms with Crippen LogP contribution < -0.4 is 0 Å². The summed E-state index contributed by atoms with van der Waals surface area (Å²) in [6.07, 6.45) is 0. The molecule has 0 saturated carbocycles. The zero-order chi connectivity index (χ0) is 8.28. The van der Waals surface area contributed by atoms with Crippen LogP contribution in [0, 0.1) is 0 Å². The molecule has 0 aromatic heterocycles. The van der Waals surface area contributed by atoms with Gasteiger partial charge in [0.05, 0.1) is 0 Å². The van der Waals surface area contributed by atoms with Gasteiger partial charge >= 0.3 is 63.5 Å². The molecule has 3 nitrogen and oxygen atoms in total. The number of hydrogen-bond donors (Lipinski definition) is 0. The van der Waals surface area contributed by atoms with Gasteiger partial charge in [0.2, 0.25) is 0 Å². The molecule has 0 fully saturated rings. The molecule has 0 amide bonds. The van der Waals surface area contributed by atoms with E-state index in [1.54, 1.807) is 10.5 Å². The van der Waals surface area contributed by atoms with Crippen LogP contribution in [-0.2, 0) is 26.0 Å². The van der Waals surface area contributed by atoms with Crippen LogP contribution in [-0.4, -0.2) is 13.2 Å². The van der Waals surface area contributed by atoms with Crippen molar-refractivity contribution in [3.8, 4) is 0 Å².